The zero-order chi connectivity index (χ0) is 9.95. The summed E-state index contributed by atoms with van der Waals surface area (Å²) in [5.74, 6) is 0. The van der Waals surface area contributed by atoms with Gasteiger partial charge in [-0.2, -0.15) is 6.66 Å². The van der Waals surface area contributed by atoms with E-state index < -0.39 is 12.6 Å². The van der Waals surface area contributed by atoms with Crippen LogP contribution in [0.2, 0.25) is 0 Å². The average molecular weight is 457 g/mol. The molecule has 82 valence electrons. The molecule has 0 bridgehead atoms. The fourth-order valence-corrected chi connectivity index (χ4v) is 0. The molecule has 0 rings (SSSR count). The van der Waals surface area contributed by atoms with Crippen molar-refractivity contribution in [3.8, 4) is 0 Å². The van der Waals surface area contributed by atoms with Crippen molar-refractivity contribution in [2.24, 2.45) is 0 Å². The molecular weight excluding hydrogens is 435 g/mol. The van der Waals surface area contributed by atoms with Crippen LogP contribution in [0.25, 0.3) is 0 Å². The van der Waals surface area contributed by atoms with Gasteiger partial charge < -0.3 is 0 Å². The molecular formula is C8H22AuBrP2. The van der Waals surface area contributed by atoms with Crippen LogP contribution in [0.3, 0.4) is 0 Å². The Balaban J connectivity index is -0.000000126. The molecule has 0 saturated carbocycles. The summed E-state index contributed by atoms with van der Waals surface area (Å²) in [7, 11) is -0.639. The zero-order valence-electron chi connectivity index (χ0n) is 8.99. The smallest absolute Gasteiger partial charge is 0.0215 e. The van der Waals surface area contributed by atoms with E-state index in [9.17, 15) is 0 Å². The Labute approximate surface area is 103 Å². The van der Waals surface area contributed by atoms with Crippen LogP contribution in [-0.4, -0.2) is 40.0 Å². The van der Waals surface area contributed by atoms with Crippen LogP contribution in [-0.2, 0) is 22.4 Å². The number of hydrogen-bond acceptors (Lipinski definition) is 0. The summed E-state index contributed by atoms with van der Waals surface area (Å²) in [6.45, 7) is 20.8. The van der Waals surface area contributed by atoms with Crippen LogP contribution < -0.4 is 0 Å². The molecule has 0 aromatic heterocycles. The van der Waals surface area contributed by atoms with Gasteiger partial charge in [-0.15, -0.1) is 7.26 Å². The van der Waals surface area contributed by atoms with Crippen LogP contribution in [0.5, 0.6) is 0 Å². The summed E-state index contributed by atoms with van der Waals surface area (Å²) in [6.07, 6.45) is 0. The monoisotopic (exact) mass is 456 g/mol. The molecule has 0 unspecified atom stereocenters. The van der Waals surface area contributed by atoms with Crippen LogP contribution in [0, 0.1) is 13.3 Å². The van der Waals surface area contributed by atoms with Gasteiger partial charge in [0.1, 0.15) is 0 Å². The maximum absolute atomic E-state index is 3.95. The van der Waals surface area contributed by atoms with Crippen molar-refractivity contribution < 1.29 is 22.4 Å². The summed E-state index contributed by atoms with van der Waals surface area (Å²) >= 11 is 3.50. The van der Waals surface area contributed by atoms with Crippen LogP contribution >= 0.6 is 28.1 Å². The minimum absolute atomic E-state index is 0. The third-order valence-electron chi connectivity index (χ3n) is 0. The minimum Gasteiger partial charge on any atom is -0.181 e. The molecule has 0 aromatic carbocycles. The Bertz CT molecular complexity index is 96.3. The molecule has 0 heterocycles. The van der Waals surface area contributed by atoms with Gasteiger partial charge in [-0.3, -0.25) is 0 Å². The fraction of sp³-hybridized carbons (Fsp3) is 0.750. The molecule has 0 nitrogen and oxygen atoms in total. The maximum atomic E-state index is 3.95. The maximum Gasteiger partial charge on any atom is 0.0215 e. The molecule has 0 aliphatic heterocycles. The van der Waals surface area contributed by atoms with Crippen molar-refractivity contribution in [2.45, 2.75) is 0 Å². The van der Waals surface area contributed by atoms with Crippen molar-refractivity contribution in [1.29, 1.82) is 0 Å². The van der Waals surface area contributed by atoms with Crippen LogP contribution in [0.4, 0.5) is 0 Å². The van der Waals surface area contributed by atoms with Gasteiger partial charge in [-0.05, 0) is 0 Å². The predicted octanol–water partition coefficient (Wildman–Crippen LogP) is 4.21. The second-order valence-electron chi connectivity index (χ2n) is 5.21. The Morgan fingerprint density at radius 1 is 1.08 bits per heavy atom. The van der Waals surface area contributed by atoms with Crippen molar-refractivity contribution >= 4 is 28.1 Å². The Kier molecular flexibility index (Phi) is 9.55. The third-order valence-corrected chi connectivity index (χ3v) is 0. The molecule has 12 heavy (non-hydrogen) atoms. The Morgan fingerprint density at radius 2 is 1.08 bits per heavy atom. The first-order chi connectivity index (χ1) is 4.24. The van der Waals surface area contributed by atoms with Crippen molar-refractivity contribution in [1.82, 2.24) is 0 Å². The van der Waals surface area contributed by atoms with Gasteiger partial charge in [0.05, 0.1) is 0 Å². The van der Waals surface area contributed by atoms with Gasteiger partial charge in [-0.25, -0.2) is 0 Å². The molecule has 0 aliphatic carbocycles. The van der Waals surface area contributed by atoms with Crippen molar-refractivity contribution in [3.05, 3.63) is 13.3 Å². The third kappa shape index (κ3) is 343. The van der Waals surface area contributed by atoms with E-state index in [-0.39, 0.29) is 22.4 Å². The summed E-state index contributed by atoms with van der Waals surface area (Å²) in [5.41, 5.74) is 0. The van der Waals surface area contributed by atoms with Crippen LogP contribution in [0.1, 0.15) is 0 Å². The Morgan fingerprint density at radius 3 is 1.08 bits per heavy atom. The van der Waals surface area contributed by atoms with Gasteiger partial charge in [0.2, 0.25) is 0 Å². The number of hydrogen-bond donors (Lipinski definition) is 0. The second-order valence-corrected chi connectivity index (χ2v) is 23.5. The van der Waals surface area contributed by atoms with E-state index in [1.165, 1.54) is 0 Å². The van der Waals surface area contributed by atoms with E-state index in [2.05, 4.69) is 68.8 Å². The van der Waals surface area contributed by atoms with E-state index in [4.69, 9.17) is 0 Å². The first-order valence-corrected chi connectivity index (χ1v) is 12.6. The molecule has 0 fully saturated rings. The first-order valence-electron chi connectivity index (χ1n) is 3.48. The molecule has 0 saturated heterocycles. The summed E-state index contributed by atoms with van der Waals surface area (Å²) < 4.78 is 0. The molecule has 0 spiro atoms. The average Bonchev–Trinajstić information content (AvgIpc) is 1.07. The van der Waals surface area contributed by atoms with E-state index in [1.54, 1.807) is 0 Å². The largest absolute Gasteiger partial charge is 0.181 e. The van der Waals surface area contributed by atoms with Crippen molar-refractivity contribution in [3.63, 3.8) is 0 Å². The molecule has 0 amide bonds. The Hall–Kier alpha value is 2.08. The standard InChI is InChI=1S/C4H11BrP.C4H11P.Au/c1-6(2,3,4)5;1-5(2,3)4;/h1H2,2-4H3;1H2,2-4H3;/q-1;;+1. The zero-order valence-corrected chi connectivity index (χ0v) is 14.5. The summed E-state index contributed by atoms with van der Waals surface area (Å²) in [4.78, 5) is 0. The molecule has 0 aromatic rings. The fourth-order valence-electron chi connectivity index (χ4n) is 0. The van der Waals surface area contributed by atoms with Gasteiger partial charge in [-0.1, -0.05) is 0 Å². The van der Waals surface area contributed by atoms with Crippen LogP contribution in [0.15, 0.2) is 0 Å². The van der Waals surface area contributed by atoms with Crippen molar-refractivity contribution in [2.75, 3.05) is 40.0 Å². The molecule has 4 heteroatoms. The SMILES string of the molecule is [Au+].[CH2-]P(C)(C)(C)Br.[CH2-][P+](C)(C)C. The van der Waals surface area contributed by atoms with Gasteiger partial charge in [0.15, 0.2) is 0 Å². The molecule has 0 atom stereocenters. The second kappa shape index (κ2) is 5.84. The molecule has 0 N–H and O–H groups in total. The van der Waals surface area contributed by atoms with Gasteiger partial charge in [0.25, 0.3) is 0 Å². The summed E-state index contributed by atoms with van der Waals surface area (Å²) in [5, 5.41) is -1.49. The minimum atomic E-state index is -1.49. The van der Waals surface area contributed by atoms with Gasteiger partial charge >= 0.3 is 69.8 Å². The van der Waals surface area contributed by atoms with E-state index in [0.29, 0.717) is 0 Å². The number of rotatable bonds is 0. The summed E-state index contributed by atoms with van der Waals surface area (Å²) in [6, 6.07) is 0. The van der Waals surface area contributed by atoms with E-state index >= 15 is 0 Å². The molecule has 0 aliphatic rings. The van der Waals surface area contributed by atoms with Gasteiger partial charge in [0, 0.05) is 20.0 Å². The molecule has 0 radical (unpaired) electrons. The predicted molar refractivity (Wildman–Crippen MR) is 69.0 cm³/mol. The number of halogens is 1. The van der Waals surface area contributed by atoms with E-state index in [0.717, 1.165) is 0 Å². The topological polar surface area (TPSA) is 0 Å². The van der Waals surface area contributed by atoms with E-state index in [1.807, 2.05) is 0 Å². The quantitative estimate of drug-likeness (QED) is 0.291. The normalized spacial score (nSPS) is 14.6. The first kappa shape index (κ1) is 19.6.